The molecule has 4 rings (SSSR count). The van der Waals surface area contributed by atoms with Crippen LogP contribution in [0.4, 0.5) is 5.82 Å². The Morgan fingerprint density at radius 1 is 1.19 bits per heavy atom. The van der Waals surface area contributed by atoms with Gasteiger partial charge in [0.25, 0.3) is 0 Å². The van der Waals surface area contributed by atoms with Crippen molar-refractivity contribution < 1.29 is 9.15 Å². The molecular formula is C20H22N4O2. The summed E-state index contributed by atoms with van der Waals surface area (Å²) in [6.45, 7) is 2.94. The molecule has 1 aliphatic rings. The highest BCUT2D eigenvalue weighted by Crippen LogP contribution is 2.35. The number of hydrogen-bond acceptors (Lipinski definition) is 6. The lowest BCUT2D eigenvalue weighted by atomic mass is 10.1. The Morgan fingerprint density at radius 3 is 2.81 bits per heavy atom. The lowest BCUT2D eigenvalue weighted by molar-refractivity contribution is 0.414. The minimum atomic E-state index is 0.133. The zero-order valence-electron chi connectivity index (χ0n) is 15.1. The zero-order chi connectivity index (χ0) is 17.9. The highest BCUT2D eigenvalue weighted by molar-refractivity contribution is 5.42. The Bertz CT molecular complexity index is 876. The molecule has 2 aromatic heterocycles. The Labute approximate surface area is 152 Å². The Morgan fingerprint density at radius 2 is 2.04 bits per heavy atom. The minimum absolute atomic E-state index is 0.133. The predicted octanol–water partition coefficient (Wildman–Crippen LogP) is 3.71. The van der Waals surface area contributed by atoms with Gasteiger partial charge in [0.2, 0.25) is 5.89 Å². The van der Waals surface area contributed by atoms with Gasteiger partial charge in [-0.1, -0.05) is 12.1 Å². The van der Waals surface area contributed by atoms with Crippen molar-refractivity contribution in [3.8, 4) is 5.75 Å². The van der Waals surface area contributed by atoms with Gasteiger partial charge in [-0.2, -0.15) is 0 Å². The summed E-state index contributed by atoms with van der Waals surface area (Å²) in [4.78, 5) is 15.4. The maximum absolute atomic E-state index is 6.08. The van der Waals surface area contributed by atoms with E-state index in [4.69, 9.17) is 9.15 Å². The molecule has 0 aliphatic carbocycles. The summed E-state index contributed by atoms with van der Waals surface area (Å²) in [5.41, 5.74) is 2.14. The number of anilines is 1. The molecule has 134 valence electrons. The second kappa shape index (κ2) is 7.15. The molecule has 0 spiro atoms. The van der Waals surface area contributed by atoms with Crippen molar-refractivity contribution >= 4 is 5.82 Å². The first-order valence-electron chi connectivity index (χ1n) is 8.86. The molecule has 0 bridgehead atoms. The third kappa shape index (κ3) is 3.40. The van der Waals surface area contributed by atoms with Crippen LogP contribution in [0.2, 0.25) is 0 Å². The van der Waals surface area contributed by atoms with Gasteiger partial charge in [0.15, 0.2) is 0 Å². The molecule has 3 aromatic rings. The fourth-order valence-corrected chi connectivity index (χ4v) is 3.40. The number of methoxy groups -OCH3 is 1. The van der Waals surface area contributed by atoms with E-state index in [1.807, 2.05) is 43.5 Å². The largest absolute Gasteiger partial charge is 0.497 e. The molecule has 0 N–H and O–H groups in total. The molecule has 0 radical (unpaired) electrons. The van der Waals surface area contributed by atoms with Gasteiger partial charge < -0.3 is 14.1 Å². The van der Waals surface area contributed by atoms with E-state index < -0.39 is 0 Å². The number of nitrogens with zero attached hydrogens (tertiary/aromatic N) is 4. The molecule has 1 aliphatic heterocycles. The normalized spacial score (nSPS) is 16.8. The monoisotopic (exact) mass is 350 g/mol. The van der Waals surface area contributed by atoms with Crippen molar-refractivity contribution in [2.45, 2.75) is 32.2 Å². The van der Waals surface area contributed by atoms with Crippen LogP contribution >= 0.6 is 0 Å². The van der Waals surface area contributed by atoms with Gasteiger partial charge in [-0.15, -0.1) is 0 Å². The van der Waals surface area contributed by atoms with Crippen molar-refractivity contribution in [2.24, 2.45) is 0 Å². The summed E-state index contributed by atoms with van der Waals surface area (Å²) >= 11 is 0. The van der Waals surface area contributed by atoms with Crippen molar-refractivity contribution in [1.82, 2.24) is 15.0 Å². The first kappa shape index (κ1) is 16.6. The highest BCUT2D eigenvalue weighted by Gasteiger charge is 2.31. The summed E-state index contributed by atoms with van der Waals surface area (Å²) in [7, 11) is 1.67. The number of rotatable bonds is 5. The van der Waals surface area contributed by atoms with E-state index in [1.54, 1.807) is 13.4 Å². The van der Waals surface area contributed by atoms with Crippen LogP contribution in [0.3, 0.4) is 0 Å². The molecule has 3 heterocycles. The Kier molecular flexibility index (Phi) is 4.56. The molecule has 6 heteroatoms. The van der Waals surface area contributed by atoms with E-state index >= 15 is 0 Å². The number of aromatic nitrogens is 3. The lowest BCUT2D eigenvalue weighted by Gasteiger charge is -2.23. The fraction of sp³-hybridized carbons (Fsp3) is 0.350. The smallest absolute Gasteiger partial charge is 0.217 e. The number of ether oxygens (including phenoxy) is 1. The molecule has 1 unspecified atom stereocenters. The number of oxazole rings is 1. The van der Waals surface area contributed by atoms with Crippen LogP contribution in [0.1, 0.15) is 41.8 Å². The van der Waals surface area contributed by atoms with Gasteiger partial charge in [-0.05, 0) is 37.5 Å². The van der Waals surface area contributed by atoms with Gasteiger partial charge in [0.05, 0.1) is 13.3 Å². The minimum Gasteiger partial charge on any atom is -0.497 e. The predicted molar refractivity (Wildman–Crippen MR) is 98.4 cm³/mol. The third-order valence-corrected chi connectivity index (χ3v) is 4.73. The van der Waals surface area contributed by atoms with Crippen LogP contribution in [0, 0.1) is 6.92 Å². The molecule has 1 fully saturated rings. The zero-order valence-corrected chi connectivity index (χ0v) is 15.1. The van der Waals surface area contributed by atoms with Crippen LogP contribution in [-0.4, -0.2) is 28.6 Å². The van der Waals surface area contributed by atoms with Gasteiger partial charge >= 0.3 is 0 Å². The maximum Gasteiger partial charge on any atom is 0.217 e. The number of benzene rings is 1. The Hall–Kier alpha value is -2.89. The summed E-state index contributed by atoms with van der Waals surface area (Å²) < 4.78 is 11.3. The van der Waals surface area contributed by atoms with Crippen LogP contribution in [0.15, 0.2) is 47.3 Å². The van der Waals surface area contributed by atoms with Crippen molar-refractivity contribution in [1.29, 1.82) is 0 Å². The average Bonchev–Trinajstić information content (AvgIpc) is 3.31. The molecule has 0 saturated carbocycles. The van der Waals surface area contributed by atoms with E-state index in [-0.39, 0.29) is 6.04 Å². The molecule has 1 atom stereocenters. The van der Waals surface area contributed by atoms with Gasteiger partial charge in [0.1, 0.15) is 29.7 Å². The molecular weight excluding hydrogens is 328 g/mol. The summed E-state index contributed by atoms with van der Waals surface area (Å²) in [6.07, 6.45) is 6.29. The van der Waals surface area contributed by atoms with E-state index in [9.17, 15) is 0 Å². The van der Waals surface area contributed by atoms with Crippen LogP contribution in [-0.2, 0) is 6.42 Å². The molecule has 0 amide bonds. The highest BCUT2D eigenvalue weighted by atomic mass is 16.5. The van der Waals surface area contributed by atoms with Crippen LogP contribution in [0.25, 0.3) is 0 Å². The third-order valence-electron chi connectivity index (χ3n) is 4.73. The van der Waals surface area contributed by atoms with Gasteiger partial charge in [0, 0.05) is 24.7 Å². The molecule has 26 heavy (non-hydrogen) atoms. The maximum atomic E-state index is 6.08. The standard InChI is InChI=1S/C20H22N4O2/c1-14-10-19(23-13-22-14)24-9-3-4-18(24)20-21-12-17(26-20)11-15-5-7-16(25-2)8-6-15/h5-8,10,12-13,18H,3-4,9,11H2,1-2H3. The summed E-state index contributed by atoms with van der Waals surface area (Å²) in [6, 6.07) is 10.2. The van der Waals surface area contributed by atoms with E-state index in [0.717, 1.165) is 54.7 Å². The van der Waals surface area contributed by atoms with Crippen molar-refractivity contribution in [3.05, 3.63) is 65.8 Å². The van der Waals surface area contributed by atoms with Gasteiger partial charge in [-0.25, -0.2) is 15.0 Å². The van der Waals surface area contributed by atoms with E-state index in [1.165, 1.54) is 5.56 Å². The molecule has 1 saturated heterocycles. The molecule has 6 nitrogen and oxygen atoms in total. The number of hydrogen-bond donors (Lipinski definition) is 0. The lowest BCUT2D eigenvalue weighted by Crippen LogP contribution is -2.23. The first-order chi connectivity index (χ1) is 12.7. The van der Waals surface area contributed by atoms with Gasteiger partial charge in [-0.3, -0.25) is 0 Å². The second-order valence-electron chi connectivity index (χ2n) is 6.56. The second-order valence-corrected chi connectivity index (χ2v) is 6.56. The quantitative estimate of drug-likeness (QED) is 0.699. The van der Waals surface area contributed by atoms with Crippen LogP contribution in [0.5, 0.6) is 5.75 Å². The van der Waals surface area contributed by atoms with Crippen molar-refractivity contribution in [3.63, 3.8) is 0 Å². The fourth-order valence-electron chi connectivity index (χ4n) is 3.40. The van der Waals surface area contributed by atoms with Crippen molar-refractivity contribution in [2.75, 3.05) is 18.6 Å². The average molecular weight is 350 g/mol. The Balaban J connectivity index is 1.51. The summed E-state index contributed by atoms with van der Waals surface area (Å²) in [5, 5.41) is 0. The van der Waals surface area contributed by atoms with Crippen LogP contribution < -0.4 is 9.64 Å². The SMILES string of the molecule is COc1ccc(Cc2cnc(C3CCCN3c3cc(C)ncn3)o2)cc1. The number of aryl methyl sites for hydroxylation is 1. The topological polar surface area (TPSA) is 64.3 Å². The summed E-state index contributed by atoms with van der Waals surface area (Å²) in [5.74, 6) is 3.43. The molecule has 1 aromatic carbocycles. The van der Waals surface area contributed by atoms with E-state index in [2.05, 4.69) is 19.9 Å². The first-order valence-corrected chi connectivity index (χ1v) is 8.86. The van der Waals surface area contributed by atoms with E-state index in [0.29, 0.717) is 0 Å².